The van der Waals surface area contributed by atoms with Crippen LogP contribution in [0, 0.1) is 29.1 Å². The molecule has 1 saturated heterocycles. The van der Waals surface area contributed by atoms with Crippen LogP contribution in [0.1, 0.15) is 37.8 Å². The van der Waals surface area contributed by atoms with Crippen LogP contribution in [-0.2, 0) is 0 Å². The second kappa shape index (κ2) is 10.4. The highest BCUT2D eigenvalue weighted by molar-refractivity contribution is 5.85. The number of hydrogen-bond donors (Lipinski definition) is 1. The van der Waals surface area contributed by atoms with Gasteiger partial charge in [-0.2, -0.15) is 0 Å². The highest BCUT2D eigenvalue weighted by Gasteiger charge is 2.33. The summed E-state index contributed by atoms with van der Waals surface area (Å²) in [6, 6.07) is -0.799. The maximum atomic E-state index is 14.1. The Labute approximate surface area is 150 Å². The lowest BCUT2D eigenvalue weighted by Crippen LogP contribution is -2.45. The van der Waals surface area contributed by atoms with Crippen LogP contribution in [0.15, 0.2) is 0 Å². The molecule has 0 aromatic heterocycles. The van der Waals surface area contributed by atoms with Crippen molar-refractivity contribution in [2.45, 2.75) is 32.2 Å². The number of piperazine rings is 1. The van der Waals surface area contributed by atoms with E-state index in [9.17, 15) is 22.0 Å². The Hall–Kier alpha value is -0.630. The fourth-order valence-corrected chi connectivity index (χ4v) is 2.82. The molecule has 1 aromatic carbocycles. The first kappa shape index (κ1) is 23.4. The second-order valence-electron chi connectivity index (χ2n) is 5.43. The van der Waals surface area contributed by atoms with Gasteiger partial charge in [0.05, 0.1) is 0 Å². The van der Waals surface area contributed by atoms with Crippen LogP contribution in [0.2, 0.25) is 0 Å². The maximum Gasteiger partial charge on any atom is 0.200 e. The Bertz CT molecular complexity index is 510. The van der Waals surface area contributed by atoms with Crippen molar-refractivity contribution in [3.8, 4) is 0 Å². The summed E-state index contributed by atoms with van der Waals surface area (Å²) in [5.74, 6) is -9.27. The first-order chi connectivity index (χ1) is 10.5. The van der Waals surface area contributed by atoms with Gasteiger partial charge in [-0.25, -0.2) is 22.0 Å². The van der Waals surface area contributed by atoms with Crippen molar-refractivity contribution < 1.29 is 22.0 Å². The summed E-state index contributed by atoms with van der Waals surface area (Å²) in [4.78, 5) is 1.78. The topological polar surface area (TPSA) is 15.3 Å². The van der Waals surface area contributed by atoms with Crippen LogP contribution in [0.3, 0.4) is 0 Å². The molecule has 2 rings (SSSR count). The van der Waals surface area contributed by atoms with E-state index in [1.807, 2.05) is 6.92 Å². The lowest BCUT2D eigenvalue weighted by Gasteiger charge is -2.35. The van der Waals surface area contributed by atoms with Gasteiger partial charge >= 0.3 is 0 Å². The van der Waals surface area contributed by atoms with Gasteiger partial charge in [-0.15, -0.1) is 24.8 Å². The minimum absolute atomic E-state index is 0. The molecule has 1 aliphatic heterocycles. The Balaban J connectivity index is 0.00000264. The van der Waals surface area contributed by atoms with Crippen LogP contribution in [0.5, 0.6) is 0 Å². The molecule has 0 bridgehead atoms. The van der Waals surface area contributed by atoms with Gasteiger partial charge in [0, 0.05) is 37.8 Å². The molecular formula is C15H21Cl2F5N2. The molecule has 1 aromatic rings. The van der Waals surface area contributed by atoms with Gasteiger partial charge in [-0.3, -0.25) is 4.90 Å². The van der Waals surface area contributed by atoms with Crippen molar-refractivity contribution in [2.75, 3.05) is 26.2 Å². The van der Waals surface area contributed by atoms with Crippen molar-refractivity contribution in [2.24, 2.45) is 0 Å². The number of benzene rings is 1. The summed E-state index contributed by atoms with van der Waals surface area (Å²) >= 11 is 0. The molecule has 0 unspecified atom stereocenters. The van der Waals surface area contributed by atoms with E-state index in [1.54, 1.807) is 4.90 Å². The second-order valence-corrected chi connectivity index (χ2v) is 5.43. The van der Waals surface area contributed by atoms with Gasteiger partial charge in [-0.1, -0.05) is 19.8 Å². The van der Waals surface area contributed by atoms with Crippen LogP contribution in [0.25, 0.3) is 0 Å². The number of nitrogens with zero attached hydrogens (tertiary/aromatic N) is 1. The monoisotopic (exact) mass is 394 g/mol. The Morgan fingerprint density at radius 1 is 0.875 bits per heavy atom. The van der Waals surface area contributed by atoms with Gasteiger partial charge in [0.25, 0.3) is 0 Å². The molecule has 0 radical (unpaired) electrons. The van der Waals surface area contributed by atoms with Crippen LogP contribution in [0.4, 0.5) is 22.0 Å². The van der Waals surface area contributed by atoms with Gasteiger partial charge in [0.15, 0.2) is 23.3 Å². The zero-order valence-electron chi connectivity index (χ0n) is 13.2. The summed E-state index contributed by atoms with van der Waals surface area (Å²) in [6.45, 7) is 4.17. The predicted octanol–water partition coefficient (Wildman–Crippen LogP) is 4.36. The zero-order valence-corrected chi connectivity index (χ0v) is 14.8. The predicted molar refractivity (Wildman–Crippen MR) is 87.4 cm³/mol. The van der Waals surface area contributed by atoms with E-state index in [2.05, 4.69) is 5.32 Å². The summed E-state index contributed by atoms with van der Waals surface area (Å²) in [5.41, 5.74) is -0.702. The molecule has 1 heterocycles. The number of unbranched alkanes of at least 4 members (excludes halogenated alkanes) is 1. The molecule has 24 heavy (non-hydrogen) atoms. The minimum Gasteiger partial charge on any atom is -0.314 e. The Morgan fingerprint density at radius 3 is 1.79 bits per heavy atom. The maximum absolute atomic E-state index is 14.1. The fraction of sp³-hybridized carbons (Fsp3) is 0.600. The van der Waals surface area contributed by atoms with Crippen LogP contribution < -0.4 is 5.32 Å². The molecule has 9 heteroatoms. The van der Waals surface area contributed by atoms with Gasteiger partial charge in [0.1, 0.15) is 0 Å². The average Bonchev–Trinajstić information content (AvgIpc) is 2.55. The number of halogens is 7. The molecule has 1 N–H and O–H groups in total. The van der Waals surface area contributed by atoms with Crippen molar-refractivity contribution in [1.29, 1.82) is 0 Å². The summed E-state index contributed by atoms with van der Waals surface area (Å²) < 4.78 is 68.3. The SMILES string of the molecule is CCCC[C@H](c1c(F)c(F)c(F)c(F)c1F)N1CCNCC1.Cl.Cl. The van der Waals surface area contributed by atoms with E-state index in [0.717, 1.165) is 6.42 Å². The standard InChI is InChI=1S/C15H19F5N2.2ClH/c1-2-3-4-9(22-7-5-21-6-8-22)10-11(16)13(18)15(20)14(19)12(10)17;;/h9,21H,2-8H2,1H3;2*1H/t9-;;/m1../s1. The van der Waals surface area contributed by atoms with E-state index in [-0.39, 0.29) is 24.8 Å². The molecule has 140 valence electrons. The normalized spacial score (nSPS) is 16.2. The molecule has 1 aliphatic rings. The Morgan fingerprint density at radius 2 is 1.33 bits per heavy atom. The molecule has 0 amide bonds. The van der Waals surface area contributed by atoms with Crippen LogP contribution >= 0.6 is 24.8 Å². The molecule has 0 saturated carbocycles. The summed E-state index contributed by atoms with van der Waals surface area (Å²) in [5, 5.41) is 3.10. The van der Waals surface area contributed by atoms with E-state index in [4.69, 9.17) is 0 Å². The third-order valence-corrected chi connectivity index (χ3v) is 4.00. The van der Waals surface area contributed by atoms with E-state index in [1.165, 1.54) is 0 Å². The van der Waals surface area contributed by atoms with Crippen LogP contribution in [-0.4, -0.2) is 31.1 Å². The molecule has 1 fully saturated rings. The van der Waals surface area contributed by atoms with Gasteiger partial charge in [-0.05, 0) is 6.42 Å². The zero-order chi connectivity index (χ0) is 16.3. The number of nitrogens with one attached hydrogen (secondary N) is 1. The van der Waals surface area contributed by atoms with Crippen molar-refractivity contribution in [3.63, 3.8) is 0 Å². The lowest BCUT2D eigenvalue weighted by atomic mass is 9.97. The minimum atomic E-state index is -2.10. The first-order valence-corrected chi connectivity index (χ1v) is 7.45. The van der Waals surface area contributed by atoms with Crippen molar-refractivity contribution in [1.82, 2.24) is 10.2 Å². The molecule has 0 aliphatic carbocycles. The van der Waals surface area contributed by atoms with Crippen molar-refractivity contribution in [3.05, 3.63) is 34.6 Å². The fourth-order valence-electron chi connectivity index (χ4n) is 2.82. The smallest absolute Gasteiger partial charge is 0.200 e. The summed E-state index contributed by atoms with van der Waals surface area (Å²) in [7, 11) is 0. The number of hydrogen-bond acceptors (Lipinski definition) is 2. The van der Waals surface area contributed by atoms with E-state index >= 15 is 0 Å². The first-order valence-electron chi connectivity index (χ1n) is 7.45. The third kappa shape index (κ3) is 4.71. The average molecular weight is 395 g/mol. The highest BCUT2D eigenvalue weighted by Crippen LogP contribution is 2.34. The van der Waals surface area contributed by atoms with Gasteiger partial charge in [0.2, 0.25) is 5.82 Å². The van der Waals surface area contributed by atoms with E-state index < -0.39 is 40.7 Å². The number of rotatable bonds is 5. The highest BCUT2D eigenvalue weighted by atomic mass is 35.5. The molecular weight excluding hydrogens is 374 g/mol. The van der Waals surface area contributed by atoms with Crippen molar-refractivity contribution >= 4 is 24.8 Å². The lowest BCUT2D eigenvalue weighted by molar-refractivity contribution is 0.154. The molecule has 0 spiro atoms. The Kier molecular flexibility index (Phi) is 10.1. The largest absolute Gasteiger partial charge is 0.314 e. The van der Waals surface area contributed by atoms with Gasteiger partial charge < -0.3 is 5.32 Å². The van der Waals surface area contributed by atoms with E-state index in [0.29, 0.717) is 39.0 Å². The summed E-state index contributed by atoms with van der Waals surface area (Å²) in [6.07, 6.45) is 1.78. The molecule has 2 nitrogen and oxygen atoms in total. The quantitative estimate of drug-likeness (QED) is 0.453. The molecule has 1 atom stereocenters. The third-order valence-electron chi connectivity index (χ3n) is 4.00.